The van der Waals surface area contributed by atoms with Crippen LogP contribution in [0.5, 0.6) is 5.75 Å². The van der Waals surface area contributed by atoms with Crippen LogP contribution in [0.1, 0.15) is 33.2 Å². The maximum absolute atomic E-state index is 10.7. The van der Waals surface area contributed by atoms with Crippen molar-refractivity contribution in [1.82, 2.24) is 0 Å². The van der Waals surface area contributed by atoms with Gasteiger partial charge in [0.05, 0.1) is 29.4 Å². The van der Waals surface area contributed by atoms with Crippen LogP contribution in [-0.2, 0) is 0 Å². The van der Waals surface area contributed by atoms with Gasteiger partial charge < -0.3 is 4.74 Å². The normalized spacial score (nSPS) is 9.07. The lowest BCUT2D eigenvalue weighted by Crippen LogP contribution is -2.01. The Morgan fingerprint density at radius 1 is 1.33 bits per heavy atom. The molecule has 4 heteroatoms. The zero-order chi connectivity index (χ0) is 11.3. The lowest BCUT2D eigenvalue weighted by molar-refractivity contribution is 0.111. The second kappa shape index (κ2) is 4.91. The number of aldehydes is 2. The highest BCUT2D eigenvalue weighted by Gasteiger charge is 2.11. The topological polar surface area (TPSA) is 67.2 Å². The second-order valence-electron chi connectivity index (χ2n) is 2.76. The summed E-state index contributed by atoms with van der Waals surface area (Å²) in [4.78, 5) is 21.5. The number of carbonyl (C=O) groups is 2. The van der Waals surface area contributed by atoms with Gasteiger partial charge in [0.25, 0.3) is 0 Å². The molecule has 0 atom stereocenters. The monoisotopic (exact) mass is 203 g/mol. The van der Waals surface area contributed by atoms with Crippen LogP contribution < -0.4 is 4.74 Å². The average Bonchev–Trinajstić information content (AvgIpc) is 2.29. The zero-order valence-corrected chi connectivity index (χ0v) is 8.19. The second-order valence-corrected chi connectivity index (χ2v) is 2.76. The van der Waals surface area contributed by atoms with Gasteiger partial charge in [-0.1, -0.05) is 0 Å². The van der Waals surface area contributed by atoms with Crippen molar-refractivity contribution < 1.29 is 14.3 Å². The van der Waals surface area contributed by atoms with E-state index in [1.807, 2.05) is 6.07 Å². The third kappa shape index (κ3) is 2.20. The van der Waals surface area contributed by atoms with Crippen LogP contribution in [0, 0.1) is 11.3 Å². The van der Waals surface area contributed by atoms with Crippen molar-refractivity contribution in [2.24, 2.45) is 0 Å². The van der Waals surface area contributed by atoms with Crippen LogP contribution in [0.2, 0.25) is 0 Å². The Morgan fingerprint density at radius 2 is 1.87 bits per heavy atom. The molecule has 76 valence electrons. The van der Waals surface area contributed by atoms with Gasteiger partial charge in [0, 0.05) is 0 Å². The van der Waals surface area contributed by atoms with Crippen LogP contribution >= 0.6 is 0 Å². The van der Waals surface area contributed by atoms with E-state index in [0.29, 0.717) is 19.2 Å². The molecular weight excluding hydrogens is 194 g/mol. The summed E-state index contributed by atoms with van der Waals surface area (Å²) in [6.45, 7) is 2.11. The molecule has 0 unspecified atom stereocenters. The summed E-state index contributed by atoms with van der Waals surface area (Å²) < 4.78 is 5.18. The molecular formula is C11H9NO3. The molecule has 0 saturated heterocycles. The molecule has 1 aromatic rings. The fourth-order valence-electron chi connectivity index (χ4n) is 1.23. The molecule has 0 aliphatic rings. The highest BCUT2D eigenvalue weighted by molar-refractivity contribution is 5.89. The average molecular weight is 203 g/mol. The summed E-state index contributed by atoms with van der Waals surface area (Å²) in [6.07, 6.45) is 1.14. The van der Waals surface area contributed by atoms with E-state index in [-0.39, 0.29) is 22.4 Å². The van der Waals surface area contributed by atoms with Crippen molar-refractivity contribution in [3.63, 3.8) is 0 Å². The van der Waals surface area contributed by atoms with Gasteiger partial charge in [0.15, 0.2) is 12.6 Å². The van der Waals surface area contributed by atoms with E-state index < -0.39 is 0 Å². The SMILES string of the molecule is CCOc1c(C=O)cc(C#N)cc1C=O. The lowest BCUT2D eigenvalue weighted by Gasteiger charge is -2.08. The van der Waals surface area contributed by atoms with Crippen molar-refractivity contribution in [2.45, 2.75) is 6.92 Å². The fraction of sp³-hybridized carbons (Fsp3) is 0.182. The Balaban J connectivity index is 3.40. The molecule has 4 nitrogen and oxygen atoms in total. The lowest BCUT2D eigenvalue weighted by atomic mass is 10.1. The number of carbonyl (C=O) groups excluding carboxylic acids is 2. The highest BCUT2D eigenvalue weighted by Crippen LogP contribution is 2.23. The van der Waals surface area contributed by atoms with Gasteiger partial charge in [0.2, 0.25) is 0 Å². The molecule has 0 aromatic heterocycles. The smallest absolute Gasteiger partial charge is 0.153 e. The largest absolute Gasteiger partial charge is 0.492 e. The number of benzene rings is 1. The fourth-order valence-corrected chi connectivity index (χ4v) is 1.23. The van der Waals surface area contributed by atoms with E-state index >= 15 is 0 Å². The minimum atomic E-state index is 0.220. The predicted molar refractivity (Wildman–Crippen MR) is 53.1 cm³/mol. The molecule has 0 radical (unpaired) electrons. The van der Waals surface area contributed by atoms with Gasteiger partial charge in [-0.25, -0.2) is 0 Å². The first-order valence-corrected chi connectivity index (χ1v) is 4.38. The summed E-state index contributed by atoms with van der Waals surface area (Å²) in [5.74, 6) is 0.238. The quantitative estimate of drug-likeness (QED) is 0.697. The van der Waals surface area contributed by atoms with Gasteiger partial charge in [-0.3, -0.25) is 9.59 Å². The van der Waals surface area contributed by atoms with Gasteiger partial charge >= 0.3 is 0 Å². The third-order valence-corrected chi connectivity index (χ3v) is 1.82. The van der Waals surface area contributed by atoms with Gasteiger partial charge in [-0.05, 0) is 19.1 Å². The summed E-state index contributed by atoms with van der Waals surface area (Å²) in [7, 11) is 0. The molecule has 0 saturated carbocycles. The minimum Gasteiger partial charge on any atom is -0.492 e. The van der Waals surface area contributed by atoms with Crippen LogP contribution in [0.4, 0.5) is 0 Å². The van der Waals surface area contributed by atoms with Crippen molar-refractivity contribution in [1.29, 1.82) is 5.26 Å². The van der Waals surface area contributed by atoms with Crippen molar-refractivity contribution in [3.05, 3.63) is 28.8 Å². The van der Waals surface area contributed by atoms with Crippen molar-refractivity contribution in [3.8, 4) is 11.8 Å². The van der Waals surface area contributed by atoms with E-state index in [4.69, 9.17) is 10.00 Å². The maximum atomic E-state index is 10.7. The first-order valence-electron chi connectivity index (χ1n) is 4.38. The van der Waals surface area contributed by atoms with E-state index in [1.54, 1.807) is 6.92 Å². The van der Waals surface area contributed by atoms with Gasteiger partial charge in [-0.15, -0.1) is 0 Å². The van der Waals surface area contributed by atoms with Crippen molar-refractivity contribution >= 4 is 12.6 Å². The molecule has 0 heterocycles. The van der Waals surface area contributed by atoms with E-state index in [1.165, 1.54) is 12.1 Å². The highest BCUT2D eigenvalue weighted by atomic mass is 16.5. The molecule has 0 spiro atoms. The third-order valence-electron chi connectivity index (χ3n) is 1.82. The molecule has 0 bridgehead atoms. The number of rotatable bonds is 4. The standard InChI is InChI=1S/C11H9NO3/c1-2-15-11-9(6-13)3-8(5-12)4-10(11)7-14/h3-4,6-7H,2H2,1H3. The van der Waals surface area contributed by atoms with E-state index in [0.717, 1.165) is 0 Å². The summed E-state index contributed by atoms with van der Waals surface area (Å²) in [5, 5.41) is 8.68. The Hall–Kier alpha value is -2.15. The summed E-state index contributed by atoms with van der Waals surface area (Å²) in [5.41, 5.74) is 0.707. The number of hydrogen-bond donors (Lipinski definition) is 0. The first-order chi connectivity index (χ1) is 7.26. The molecule has 0 aliphatic carbocycles. The van der Waals surface area contributed by atoms with Crippen LogP contribution in [-0.4, -0.2) is 19.2 Å². The van der Waals surface area contributed by atoms with Crippen LogP contribution in [0.3, 0.4) is 0 Å². The van der Waals surface area contributed by atoms with Gasteiger partial charge in [-0.2, -0.15) is 5.26 Å². The Morgan fingerprint density at radius 3 is 2.20 bits per heavy atom. The number of ether oxygens (including phenoxy) is 1. The van der Waals surface area contributed by atoms with Crippen molar-refractivity contribution in [2.75, 3.05) is 6.61 Å². The molecule has 0 amide bonds. The summed E-state index contributed by atoms with van der Waals surface area (Å²) >= 11 is 0. The van der Waals surface area contributed by atoms with Crippen LogP contribution in [0.25, 0.3) is 0 Å². The number of hydrogen-bond acceptors (Lipinski definition) is 4. The zero-order valence-electron chi connectivity index (χ0n) is 8.19. The number of nitrogens with zero attached hydrogens (tertiary/aromatic N) is 1. The van der Waals surface area contributed by atoms with E-state index in [2.05, 4.69) is 0 Å². The molecule has 0 aliphatic heterocycles. The molecule has 0 N–H and O–H groups in total. The Bertz CT molecular complexity index is 403. The molecule has 1 rings (SSSR count). The minimum absolute atomic E-state index is 0.220. The summed E-state index contributed by atoms with van der Waals surface area (Å²) in [6, 6.07) is 4.66. The van der Waals surface area contributed by atoms with E-state index in [9.17, 15) is 9.59 Å². The maximum Gasteiger partial charge on any atom is 0.153 e. The van der Waals surface area contributed by atoms with Gasteiger partial charge in [0.1, 0.15) is 5.75 Å². The predicted octanol–water partition coefficient (Wildman–Crippen LogP) is 1.58. The molecule has 15 heavy (non-hydrogen) atoms. The number of nitriles is 1. The Kier molecular flexibility index (Phi) is 3.58. The molecule has 1 aromatic carbocycles. The Labute approximate surface area is 87.1 Å². The molecule has 0 fully saturated rings. The van der Waals surface area contributed by atoms with Crippen LogP contribution in [0.15, 0.2) is 12.1 Å². The first kappa shape index (κ1) is 10.9.